The minimum absolute atomic E-state index is 0.610. The molecule has 1 heterocycles. The Balaban J connectivity index is 2.29. The van der Waals surface area contributed by atoms with Crippen LogP contribution in [-0.2, 0) is 13.0 Å². The van der Waals surface area contributed by atoms with Crippen molar-refractivity contribution in [3.63, 3.8) is 0 Å². The standard InChI is InChI=1S/C13H15ClN2S/c1-3-9-4-6-10(7-5-9)13-16-12(14)11(17-13)8-15-2/h4-7,15H,3,8H2,1-2H3. The van der Waals surface area contributed by atoms with Gasteiger partial charge in [0.2, 0.25) is 0 Å². The van der Waals surface area contributed by atoms with Crippen molar-refractivity contribution in [2.75, 3.05) is 7.05 Å². The third-order valence-electron chi connectivity index (χ3n) is 2.60. The second-order valence-corrected chi connectivity index (χ2v) is 5.26. The Morgan fingerprint density at radius 3 is 2.59 bits per heavy atom. The lowest BCUT2D eigenvalue weighted by molar-refractivity contribution is 0.829. The van der Waals surface area contributed by atoms with Crippen molar-refractivity contribution in [2.24, 2.45) is 0 Å². The predicted octanol–water partition coefficient (Wildman–Crippen LogP) is 3.75. The van der Waals surface area contributed by atoms with Gasteiger partial charge in [-0.2, -0.15) is 0 Å². The minimum atomic E-state index is 0.610. The Bertz CT molecular complexity index is 491. The average molecular weight is 267 g/mol. The van der Waals surface area contributed by atoms with E-state index in [-0.39, 0.29) is 0 Å². The normalized spacial score (nSPS) is 10.8. The maximum Gasteiger partial charge on any atom is 0.145 e. The lowest BCUT2D eigenvalue weighted by Gasteiger charge is -1.98. The molecule has 0 atom stereocenters. The molecule has 2 rings (SSSR count). The van der Waals surface area contributed by atoms with Crippen LogP contribution in [-0.4, -0.2) is 12.0 Å². The van der Waals surface area contributed by atoms with Gasteiger partial charge in [0.05, 0.1) is 4.88 Å². The van der Waals surface area contributed by atoms with Gasteiger partial charge in [0.25, 0.3) is 0 Å². The zero-order chi connectivity index (χ0) is 12.3. The van der Waals surface area contributed by atoms with Gasteiger partial charge in [-0.3, -0.25) is 0 Å². The van der Waals surface area contributed by atoms with Crippen molar-refractivity contribution in [2.45, 2.75) is 19.9 Å². The first-order chi connectivity index (χ1) is 8.24. The number of benzene rings is 1. The molecule has 17 heavy (non-hydrogen) atoms. The number of halogens is 1. The summed E-state index contributed by atoms with van der Waals surface area (Å²) in [5.41, 5.74) is 2.48. The number of aromatic nitrogens is 1. The molecule has 0 fully saturated rings. The minimum Gasteiger partial charge on any atom is -0.315 e. The molecule has 2 aromatic rings. The summed E-state index contributed by atoms with van der Waals surface area (Å²) < 4.78 is 0. The second kappa shape index (κ2) is 5.63. The third kappa shape index (κ3) is 2.86. The quantitative estimate of drug-likeness (QED) is 0.912. The van der Waals surface area contributed by atoms with E-state index in [9.17, 15) is 0 Å². The van der Waals surface area contributed by atoms with Crippen LogP contribution in [0.15, 0.2) is 24.3 Å². The summed E-state index contributed by atoms with van der Waals surface area (Å²) in [4.78, 5) is 5.49. The van der Waals surface area contributed by atoms with E-state index in [1.165, 1.54) is 5.56 Å². The number of thiazole rings is 1. The molecule has 0 spiro atoms. The highest BCUT2D eigenvalue weighted by atomic mass is 35.5. The summed E-state index contributed by atoms with van der Waals surface area (Å²) in [7, 11) is 1.91. The maximum absolute atomic E-state index is 6.09. The van der Waals surface area contributed by atoms with E-state index >= 15 is 0 Å². The molecule has 1 aromatic carbocycles. The number of nitrogens with zero attached hydrogens (tertiary/aromatic N) is 1. The molecular formula is C13H15ClN2S. The molecule has 1 aromatic heterocycles. The van der Waals surface area contributed by atoms with Gasteiger partial charge in [0.1, 0.15) is 10.2 Å². The van der Waals surface area contributed by atoms with Gasteiger partial charge in [0, 0.05) is 12.1 Å². The molecule has 0 saturated carbocycles. The van der Waals surface area contributed by atoms with Gasteiger partial charge in [-0.15, -0.1) is 11.3 Å². The lowest BCUT2D eigenvalue weighted by Crippen LogP contribution is -2.03. The number of rotatable bonds is 4. The zero-order valence-electron chi connectivity index (χ0n) is 9.96. The molecule has 1 N–H and O–H groups in total. The highest BCUT2D eigenvalue weighted by Gasteiger charge is 2.09. The Morgan fingerprint density at radius 2 is 2.00 bits per heavy atom. The van der Waals surface area contributed by atoms with E-state index in [0.29, 0.717) is 5.15 Å². The van der Waals surface area contributed by atoms with E-state index in [1.54, 1.807) is 11.3 Å². The summed E-state index contributed by atoms with van der Waals surface area (Å²) in [6, 6.07) is 8.50. The van der Waals surface area contributed by atoms with Crippen LogP contribution in [0.2, 0.25) is 5.15 Å². The van der Waals surface area contributed by atoms with Gasteiger partial charge >= 0.3 is 0 Å². The van der Waals surface area contributed by atoms with E-state index < -0.39 is 0 Å². The Morgan fingerprint density at radius 1 is 1.29 bits per heavy atom. The molecule has 0 aliphatic heterocycles. The molecule has 2 nitrogen and oxygen atoms in total. The van der Waals surface area contributed by atoms with E-state index in [1.807, 2.05) is 7.05 Å². The smallest absolute Gasteiger partial charge is 0.145 e. The van der Waals surface area contributed by atoms with Crippen LogP contribution in [0.25, 0.3) is 10.6 Å². The first-order valence-corrected chi connectivity index (χ1v) is 6.83. The second-order valence-electron chi connectivity index (χ2n) is 3.81. The van der Waals surface area contributed by atoms with Gasteiger partial charge in [0.15, 0.2) is 0 Å². The van der Waals surface area contributed by atoms with Crippen molar-refractivity contribution in [1.82, 2.24) is 10.3 Å². The van der Waals surface area contributed by atoms with Crippen LogP contribution in [0.3, 0.4) is 0 Å². The van der Waals surface area contributed by atoms with E-state index in [4.69, 9.17) is 11.6 Å². The monoisotopic (exact) mass is 266 g/mol. The molecule has 90 valence electrons. The maximum atomic E-state index is 6.09. The number of hydrogen-bond donors (Lipinski definition) is 1. The molecule has 0 unspecified atom stereocenters. The SMILES string of the molecule is CCc1ccc(-c2nc(Cl)c(CNC)s2)cc1. The summed E-state index contributed by atoms with van der Waals surface area (Å²) in [6.07, 6.45) is 1.06. The fourth-order valence-corrected chi connectivity index (χ4v) is 2.90. The largest absolute Gasteiger partial charge is 0.315 e. The van der Waals surface area contributed by atoms with Crippen molar-refractivity contribution >= 4 is 22.9 Å². The van der Waals surface area contributed by atoms with Crippen molar-refractivity contribution in [3.05, 3.63) is 39.9 Å². The van der Waals surface area contributed by atoms with Crippen LogP contribution < -0.4 is 5.32 Å². The van der Waals surface area contributed by atoms with E-state index in [2.05, 4.69) is 41.5 Å². The molecule has 0 saturated heterocycles. The van der Waals surface area contributed by atoms with Crippen LogP contribution in [0, 0.1) is 0 Å². The molecule has 0 bridgehead atoms. The molecule has 0 radical (unpaired) electrons. The highest BCUT2D eigenvalue weighted by molar-refractivity contribution is 7.15. The van der Waals surface area contributed by atoms with Gasteiger partial charge in [-0.25, -0.2) is 4.98 Å². The fraction of sp³-hybridized carbons (Fsp3) is 0.308. The number of nitrogens with one attached hydrogen (secondary N) is 1. The van der Waals surface area contributed by atoms with Crippen molar-refractivity contribution in [1.29, 1.82) is 0 Å². The summed E-state index contributed by atoms with van der Waals surface area (Å²) in [5.74, 6) is 0. The van der Waals surface area contributed by atoms with Gasteiger partial charge < -0.3 is 5.32 Å². The number of hydrogen-bond acceptors (Lipinski definition) is 3. The molecule has 0 amide bonds. The van der Waals surface area contributed by atoms with Crippen molar-refractivity contribution in [3.8, 4) is 10.6 Å². The topological polar surface area (TPSA) is 24.9 Å². The van der Waals surface area contributed by atoms with E-state index in [0.717, 1.165) is 28.4 Å². The van der Waals surface area contributed by atoms with Crippen LogP contribution >= 0.6 is 22.9 Å². The van der Waals surface area contributed by atoms with Crippen LogP contribution in [0.5, 0.6) is 0 Å². The Hall–Kier alpha value is -0.900. The first-order valence-electron chi connectivity index (χ1n) is 5.63. The van der Waals surface area contributed by atoms with Crippen LogP contribution in [0.4, 0.5) is 0 Å². The lowest BCUT2D eigenvalue weighted by atomic mass is 10.1. The number of aryl methyl sites for hydroxylation is 1. The summed E-state index contributed by atoms with van der Waals surface area (Å²) in [5, 5.41) is 4.69. The van der Waals surface area contributed by atoms with Gasteiger partial charge in [-0.05, 0) is 19.0 Å². The van der Waals surface area contributed by atoms with Crippen molar-refractivity contribution < 1.29 is 0 Å². The Labute approximate surface area is 111 Å². The fourth-order valence-electron chi connectivity index (χ4n) is 1.61. The summed E-state index contributed by atoms with van der Waals surface area (Å²) >= 11 is 7.74. The third-order valence-corrected chi connectivity index (χ3v) is 4.13. The molecular weight excluding hydrogens is 252 g/mol. The average Bonchev–Trinajstić information content (AvgIpc) is 2.72. The van der Waals surface area contributed by atoms with Gasteiger partial charge in [-0.1, -0.05) is 42.8 Å². The zero-order valence-corrected chi connectivity index (χ0v) is 11.5. The molecule has 4 heteroatoms. The highest BCUT2D eigenvalue weighted by Crippen LogP contribution is 2.30. The predicted molar refractivity (Wildman–Crippen MR) is 74.7 cm³/mol. The first kappa shape index (κ1) is 12.6. The summed E-state index contributed by atoms with van der Waals surface area (Å²) in [6.45, 7) is 2.92. The molecule has 0 aliphatic carbocycles. The Kier molecular flexibility index (Phi) is 4.15. The molecule has 0 aliphatic rings. The van der Waals surface area contributed by atoms with Crippen LogP contribution in [0.1, 0.15) is 17.4 Å².